The number of hydrogen-bond donors (Lipinski definition) is 0. The summed E-state index contributed by atoms with van der Waals surface area (Å²) < 4.78 is 18.0. The van der Waals surface area contributed by atoms with Gasteiger partial charge in [-0.15, -0.1) is 0 Å². The van der Waals surface area contributed by atoms with Crippen molar-refractivity contribution in [1.82, 2.24) is 9.80 Å². The molecular formula is C18H33BN2O4. The average Bonchev–Trinajstić information content (AvgIpc) is 2.77. The molecule has 0 aromatic heterocycles. The van der Waals surface area contributed by atoms with Crippen LogP contribution in [0.3, 0.4) is 0 Å². The van der Waals surface area contributed by atoms with E-state index >= 15 is 0 Å². The van der Waals surface area contributed by atoms with Crippen LogP contribution in [0.4, 0.5) is 4.79 Å². The van der Waals surface area contributed by atoms with E-state index in [1.165, 1.54) is 0 Å². The predicted octanol–water partition coefficient (Wildman–Crippen LogP) is 2.77. The van der Waals surface area contributed by atoms with Crippen molar-refractivity contribution < 1.29 is 18.8 Å². The van der Waals surface area contributed by atoms with Gasteiger partial charge in [0, 0.05) is 19.6 Å². The molecule has 3 saturated heterocycles. The van der Waals surface area contributed by atoms with Gasteiger partial charge in [0.25, 0.3) is 0 Å². The lowest BCUT2D eigenvalue weighted by molar-refractivity contribution is -0.0379. The summed E-state index contributed by atoms with van der Waals surface area (Å²) in [5.41, 5.74) is -0.575. The minimum Gasteiger partial charge on any atom is -0.403 e. The van der Waals surface area contributed by atoms with Gasteiger partial charge >= 0.3 is 13.1 Å². The van der Waals surface area contributed by atoms with Crippen molar-refractivity contribution in [2.75, 3.05) is 26.2 Å². The monoisotopic (exact) mass is 352 g/mol. The van der Waals surface area contributed by atoms with E-state index in [-0.39, 0.29) is 36.5 Å². The smallest absolute Gasteiger partial charge is 0.403 e. The minimum absolute atomic E-state index is 0.113. The molecule has 0 aromatic carbocycles. The number of amides is 2. The summed E-state index contributed by atoms with van der Waals surface area (Å²) in [6, 6.07) is 0.291. The van der Waals surface area contributed by atoms with Gasteiger partial charge in [0.15, 0.2) is 0 Å². The first-order valence-corrected chi connectivity index (χ1v) is 9.63. The highest BCUT2D eigenvalue weighted by Crippen LogP contribution is 2.42. The SMILES string of the molecule is CC1CN(C(=O)N2CCC(B3OC(C)(C)C(C)(C)O3)CC2)C(C)CO1. The Kier molecular flexibility index (Phi) is 5.12. The van der Waals surface area contributed by atoms with E-state index < -0.39 is 0 Å². The first-order chi connectivity index (χ1) is 11.6. The van der Waals surface area contributed by atoms with Crippen molar-refractivity contribution in [1.29, 1.82) is 0 Å². The maximum atomic E-state index is 12.9. The van der Waals surface area contributed by atoms with Crippen molar-refractivity contribution in [3.63, 3.8) is 0 Å². The van der Waals surface area contributed by atoms with E-state index in [0.717, 1.165) is 25.9 Å². The Morgan fingerprint density at radius 3 is 2.16 bits per heavy atom. The number of likely N-dealkylation sites (tertiary alicyclic amines) is 1. The van der Waals surface area contributed by atoms with Crippen LogP contribution >= 0.6 is 0 Å². The van der Waals surface area contributed by atoms with Crippen LogP contribution in [-0.2, 0) is 14.0 Å². The summed E-state index contributed by atoms with van der Waals surface area (Å²) >= 11 is 0. The largest absolute Gasteiger partial charge is 0.461 e. The van der Waals surface area contributed by atoms with E-state index in [0.29, 0.717) is 19.0 Å². The zero-order valence-electron chi connectivity index (χ0n) is 16.6. The lowest BCUT2D eigenvalue weighted by Gasteiger charge is -2.41. The van der Waals surface area contributed by atoms with Crippen LogP contribution in [0, 0.1) is 0 Å². The van der Waals surface area contributed by atoms with Crippen LogP contribution in [0.1, 0.15) is 54.4 Å². The van der Waals surface area contributed by atoms with Crippen molar-refractivity contribution in [3.8, 4) is 0 Å². The molecule has 6 nitrogen and oxygen atoms in total. The Hall–Kier alpha value is -0.785. The van der Waals surface area contributed by atoms with Crippen LogP contribution in [0.2, 0.25) is 5.82 Å². The van der Waals surface area contributed by atoms with Crippen LogP contribution in [-0.4, -0.2) is 72.5 Å². The van der Waals surface area contributed by atoms with E-state index in [1.54, 1.807) is 0 Å². The highest BCUT2D eigenvalue weighted by molar-refractivity contribution is 6.47. The van der Waals surface area contributed by atoms with Gasteiger partial charge in [-0.2, -0.15) is 0 Å². The standard InChI is InChI=1S/C18H33BN2O4/c1-13-12-23-14(2)11-21(13)16(22)20-9-7-15(8-10-20)19-24-17(3,4)18(5,6)25-19/h13-15H,7-12H2,1-6H3. The topological polar surface area (TPSA) is 51.2 Å². The molecule has 3 aliphatic heterocycles. The molecule has 3 heterocycles. The van der Waals surface area contributed by atoms with Crippen LogP contribution in [0.5, 0.6) is 0 Å². The van der Waals surface area contributed by atoms with Gasteiger partial charge in [-0.05, 0) is 60.2 Å². The molecule has 0 aliphatic carbocycles. The van der Waals surface area contributed by atoms with E-state index in [2.05, 4.69) is 34.6 Å². The Morgan fingerprint density at radius 2 is 1.60 bits per heavy atom. The lowest BCUT2D eigenvalue weighted by atomic mass is 9.67. The molecule has 0 N–H and O–H groups in total. The molecule has 2 amide bonds. The zero-order chi connectivity index (χ0) is 18.4. The number of carbonyl (C=O) groups is 1. The number of morpholine rings is 1. The van der Waals surface area contributed by atoms with Crippen LogP contribution in [0.25, 0.3) is 0 Å². The maximum absolute atomic E-state index is 12.9. The van der Waals surface area contributed by atoms with Crippen LogP contribution in [0.15, 0.2) is 0 Å². The number of hydrogen-bond acceptors (Lipinski definition) is 4. The molecule has 25 heavy (non-hydrogen) atoms. The summed E-state index contributed by atoms with van der Waals surface area (Å²) in [7, 11) is -0.162. The quantitative estimate of drug-likeness (QED) is 0.681. The average molecular weight is 352 g/mol. The van der Waals surface area contributed by atoms with E-state index in [4.69, 9.17) is 14.0 Å². The lowest BCUT2D eigenvalue weighted by Crippen LogP contribution is -2.56. The fraction of sp³-hybridized carbons (Fsp3) is 0.944. The summed E-state index contributed by atoms with van der Waals surface area (Å²) in [4.78, 5) is 16.8. The second kappa shape index (κ2) is 6.74. The summed E-state index contributed by atoms with van der Waals surface area (Å²) in [5, 5.41) is 0. The fourth-order valence-electron chi connectivity index (χ4n) is 3.80. The third kappa shape index (κ3) is 3.69. The first kappa shape index (κ1) is 19.0. The molecule has 0 aromatic rings. The zero-order valence-corrected chi connectivity index (χ0v) is 16.6. The van der Waals surface area contributed by atoms with Gasteiger partial charge in [0.2, 0.25) is 0 Å². The molecule has 3 fully saturated rings. The summed E-state index contributed by atoms with van der Waals surface area (Å²) in [6.45, 7) is 15.3. The number of urea groups is 1. The van der Waals surface area contributed by atoms with Crippen molar-refractivity contribution >= 4 is 13.1 Å². The molecule has 2 unspecified atom stereocenters. The van der Waals surface area contributed by atoms with E-state index in [9.17, 15) is 4.79 Å². The molecule has 0 saturated carbocycles. The Bertz CT molecular complexity index is 489. The first-order valence-electron chi connectivity index (χ1n) is 9.63. The highest BCUT2D eigenvalue weighted by atomic mass is 16.7. The third-order valence-electron chi connectivity index (χ3n) is 6.32. The van der Waals surface area contributed by atoms with Crippen molar-refractivity contribution in [2.45, 2.75) is 83.5 Å². The Labute approximate surface area is 152 Å². The second-order valence-electron chi connectivity index (χ2n) is 8.88. The van der Waals surface area contributed by atoms with Gasteiger partial charge in [-0.25, -0.2) is 4.79 Å². The molecule has 3 rings (SSSR count). The highest BCUT2D eigenvalue weighted by Gasteiger charge is 2.54. The number of rotatable bonds is 1. The van der Waals surface area contributed by atoms with Gasteiger partial charge in [0.1, 0.15) is 0 Å². The van der Waals surface area contributed by atoms with Gasteiger partial charge in [-0.1, -0.05) is 0 Å². The Morgan fingerprint density at radius 1 is 1.04 bits per heavy atom. The molecule has 142 valence electrons. The van der Waals surface area contributed by atoms with E-state index in [1.807, 2.05) is 16.7 Å². The van der Waals surface area contributed by atoms with Crippen molar-refractivity contribution in [3.05, 3.63) is 0 Å². The molecule has 0 spiro atoms. The van der Waals surface area contributed by atoms with Gasteiger partial charge in [0.05, 0.1) is 30.0 Å². The molecule has 0 bridgehead atoms. The summed E-state index contributed by atoms with van der Waals surface area (Å²) in [5.74, 6) is 0.353. The molecule has 2 atom stereocenters. The number of ether oxygens (including phenoxy) is 1. The predicted molar refractivity (Wildman–Crippen MR) is 97.6 cm³/mol. The van der Waals surface area contributed by atoms with Crippen molar-refractivity contribution in [2.24, 2.45) is 0 Å². The minimum atomic E-state index is -0.288. The molecule has 3 aliphatic rings. The Balaban J connectivity index is 1.55. The number of piperidine rings is 1. The maximum Gasteiger partial charge on any atom is 0.461 e. The second-order valence-corrected chi connectivity index (χ2v) is 8.88. The molecule has 7 heteroatoms. The van der Waals surface area contributed by atoms with Gasteiger partial charge < -0.3 is 23.8 Å². The third-order valence-corrected chi connectivity index (χ3v) is 6.32. The number of carbonyl (C=O) groups excluding carboxylic acids is 1. The summed E-state index contributed by atoms with van der Waals surface area (Å²) in [6.07, 6.45) is 1.97. The van der Waals surface area contributed by atoms with Gasteiger partial charge in [-0.3, -0.25) is 0 Å². The normalized spacial score (nSPS) is 33.0. The molecular weight excluding hydrogens is 319 g/mol. The molecule has 0 radical (unpaired) electrons. The number of nitrogens with zero attached hydrogens (tertiary/aromatic N) is 2. The fourth-order valence-corrected chi connectivity index (χ4v) is 3.80. The van der Waals surface area contributed by atoms with Crippen LogP contribution < -0.4 is 0 Å².